The molecular formula is C30H20Cl2N2O2. The van der Waals surface area contributed by atoms with E-state index in [-0.39, 0.29) is 0 Å². The number of nitriles is 1. The third-order valence-corrected chi connectivity index (χ3v) is 6.06. The Hall–Kier alpha value is -4.30. The van der Waals surface area contributed by atoms with E-state index < -0.39 is 11.5 Å². The summed E-state index contributed by atoms with van der Waals surface area (Å²) in [7, 11) is 0. The van der Waals surface area contributed by atoms with Gasteiger partial charge in [-0.15, -0.1) is 0 Å². The SMILES string of the molecule is N#C/C(=C\c1cc(Cl)c(/C=C/c2ccc(N(c3ccccc3)c3ccccc3)cc2)cc1Cl)C(=O)O. The van der Waals surface area contributed by atoms with Crippen molar-refractivity contribution in [1.82, 2.24) is 0 Å². The summed E-state index contributed by atoms with van der Waals surface area (Å²) in [5.74, 6) is -1.32. The lowest BCUT2D eigenvalue weighted by Gasteiger charge is -2.25. The van der Waals surface area contributed by atoms with Gasteiger partial charge in [0, 0.05) is 27.1 Å². The van der Waals surface area contributed by atoms with Gasteiger partial charge in [-0.2, -0.15) is 5.26 Å². The van der Waals surface area contributed by atoms with Crippen molar-refractivity contribution in [2.24, 2.45) is 0 Å². The molecule has 0 saturated carbocycles. The highest BCUT2D eigenvalue weighted by atomic mass is 35.5. The number of hydrogen-bond donors (Lipinski definition) is 1. The lowest BCUT2D eigenvalue weighted by atomic mass is 10.1. The zero-order valence-corrected chi connectivity index (χ0v) is 20.5. The van der Waals surface area contributed by atoms with Crippen LogP contribution in [0.15, 0.2) is 103 Å². The van der Waals surface area contributed by atoms with Gasteiger partial charge in [-0.1, -0.05) is 83.9 Å². The lowest BCUT2D eigenvalue weighted by Crippen LogP contribution is -2.09. The Morgan fingerprint density at radius 3 is 1.78 bits per heavy atom. The van der Waals surface area contributed by atoms with Gasteiger partial charge in [0.1, 0.15) is 11.6 Å². The average molecular weight is 511 g/mol. The number of rotatable bonds is 7. The molecule has 0 radical (unpaired) electrons. The van der Waals surface area contributed by atoms with Gasteiger partial charge in [0.05, 0.1) is 0 Å². The van der Waals surface area contributed by atoms with Crippen LogP contribution in [0.3, 0.4) is 0 Å². The standard InChI is InChI=1S/C30H20Cl2N2O2/c31-28-19-23(17-24(20-33)30(35)36)29(32)18-22(28)14-11-21-12-15-27(16-13-21)34(25-7-3-1-4-8-25)26-9-5-2-6-10-26/h1-19H,(H,35,36)/b14-11+,24-17+. The van der Waals surface area contributed by atoms with Crippen LogP contribution in [0.4, 0.5) is 17.1 Å². The third-order valence-electron chi connectivity index (χ3n) is 5.40. The molecule has 4 rings (SSSR count). The first-order valence-electron chi connectivity index (χ1n) is 11.0. The molecule has 0 spiro atoms. The van der Waals surface area contributed by atoms with Gasteiger partial charge >= 0.3 is 5.97 Å². The van der Waals surface area contributed by atoms with Crippen LogP contribution in [0.2, 0.25) is 10.0 Å². The number of hydrogen-bond acceptors (Lipinski definition) is 3. The van der Waals surface area contributed by atoms with Crippen molar-refractivity contribution in [3.05, 3.63) is 129 Å². The van der Waals surface area contributed by atoms with Crippen LogP contribution in [-0.4, -0.2) is 11.1 Å². The summed E-state index contributed by atoms with van der Waals surface area (Å²) in [5.41, 5.74) is 4.73. The van der Waals surface area contributed by atoms with Gasteiger partial charge in [-0.25, -0.2) is 4.79 Å². The molecule has 0 heterocycles. The molecule has 0 aliphatic carbocycles. The van der Waals surface area contributed by atoms with Crippen LogP contribution in [0.25, 0.3) is 18.2 Å². The number of aliphatic carboxylic acids is 1. The summed E-state index contributed by atoms with van der Waals surface area (Å²) in [6.07, 6.45) is 4.96. The molecule has 4 aromatic rings. The summed E-state index contributed by atoms with van der Waals surface area (Å²) >= 11 is 12.7. The number of nitrogens with zero attached hydrogens (tertiary/aromatic N) is 2. The van der Waals surface area contributed by atoms with Crippen LogP contribution in [0.1, 0.15) is 16.7 Å². The smallest absolute Gasteiger partial charge is 0.346 e. The molecule has 0 aliphatic rings. The summed E-state index contributed by atoms with van der Waals surface area (Å²) in [6.45, 7) is 0. The van der Waals surface area contributed by atoms with E-state index >= 15 is 0 Å². The van der Waals surface area contributed by atoms with E-state index in [2.05, 4.69) is 41.3 Å². The van der Waals surface area contributed by atoms with E-state index in [1.807, 2.05) is 60.7 Å². The van der Waals surface area contributed by atoms with Crippen molar-refractivity contribution in [1.29, 1.82) is 5.26 Å². The van der Waals surface area contributed by atoms with Crippen LogP contribution >= 0.6 is 23.2 Å². The molecule has 0 unspecified atom stereocenters. The van der Waals surface area contributed by atoms with E-state index in [9.17, 15) is 4.79 Å². The van der Waals surface area contributed by atoms with Crippen molar-refractivity contribution in [2.45, 2.75) is 0 Å². The number of benzene rings is 4. The van der Waals surface area contributed by atoms with Crippen LogP contribution in [0, 0.1) is 11.3 Å². The fraction of sp³-hybridized carbons (Fsp3) is 0. The van der Waals surface area contributed by atoms with Crippen molar-refractivity contribution in [3.63, 3.8) is 0 Å². The number of carboxylic acids is 1. The second-order valence-electron chi connectivity index (χ2n) is 7.80. The average Bonchev–Trinajstić information content (AvgIpc) is 2.90. The van der Waals surface area contributed by atoms with Gasteiger partial charge in [-0.05, 0) is 71.3 Å². The molecule has 0 atom stereocenters. The van der Waals surface area contributed by atoms with Gasteiger partial charge in [0.15, 0.2) is 0 Å². The Bertz CT molecular complexity index is 1430. The van der Waals surface area contributed by atoms with Crippen molar-refractivity contribution < 1.29 is 9.90 Å². The molecule has 36 heavy (non-hydrogen) atoms. The molecule has 6 heteroatoms. The number of para-hydroxylation sites is 2. The van der Waals surface area contributed by atoms with Crippen molar-refractivity contribution >= 4 is 64.5 Å². The Labute approximate surface area is 219 Å². The molecule has 0 aliphatic heterocycles. The normalized spacial score (nSPS) is 11.3. The molecule has 0 saturated heterocycles. The fourth-order valence-electron chi connectivity index (χ4n) is 3.64. The Morgan fingerprint density at radius 1 is 0.750 bits per heavy atom. The van der Waals surface area contributed by atoms with E-state index in [4.69, 9.17) is 33.6 Å². The highest BCUT2D eigenvalue weighted by Crippen LogP contribution is 2.34. The predicted octanol–water partition coefficient (Wildman–Crippen LogP) is 8.63. The van der Waals surface area contributed by atoms with E-state index in [0.29, 0.717) is 21.2 Å². The first-order valence-corrected chi connectivity index (χ1v) is 11.7. The second-order valence-corrected chi connectivity index (χ2v) is 8.62. The quantitative estimate of drug-likeness (QED) is 0.153. The monoisotopic (exact) mass is 510 g/mol. The maximum absolute atomic E-state index is 11.1. The highest BCUT2D eigenvalue weighted by Gasteiger charge is 2.12. The van der Waals surface area contributed by atoms with Gasteiger partial charge in [-0.3, -0.25) is 0 Å². The Balaban J connectivity index is 1.60. The van der Waals surface area contributed by atoms with E-state index in [1.165, 1.54) is 6.08 Å². The number of halogens is 2. The maximum Gasteiger partial charge on any atom is 0.346 e. The van der Waals surface area contributed by atoms with Crippen LogP contribution < -0.4 is 4.90 Å². The zero-order chi connectivity index (χ0) is 25.5. The predicted molar refractivity (Wildman–Crippen MR) is 148 cm³/mol. The first-order chi connectivity index (χ1) is 17.5. The largest absolute Gasteiger partial charge is 0.477 e. The minimum absolute atomic E-state index is 0.296. The van der Waals surface area contributed by atoms with Crippen LogP contribution in [0.5, 0.6) is 0 Å². The summed E-state index contributed by atoms with van der Waals surface area (Å²) < 4.78 is 0. The van der Waals surface area contributed by atoms with Crippen LogP contribution in [-0.2, 0) is 4.79 Å². The highest BCUT2D eigenvalue weighted by molar-refractivity contribution is 6.35. The minimum atomic E-state index is -1.32. The second kappa shape index (κ2) is 11.4. The van der Waals surface area contributed by atoms with Gasteiger partial charge in [0.2, 0.25) is 0 Å². The van der Waals surface area contributed by atoms with E-state index in [1.54, 1.807) is 18.2 Å². The zero-order valence-electron chi connectivity index (χ0n) is 19.0. The van der Waals surface area contributed by atoms with Gasteiger partial charge < -0.3 is 10.0 Å². The maximum atomic E-state index is 11.1. The third kappa shape index (κ3) is 5.84. The fourth-order valence-corrected chi connectivity index (χ4v) is 4.10. The van der Waals surface area contributed by atoms with Crippen molar-refractivity contribution in [2.75, 3.05) is 4.90 Å². The lowest BCUT2D eigenvalue weighted by molar-refractivity contribution is -0.132. The molecule has 4 aromatic carbocycles. The summed E-state index contributed by atoms with van der Waals surface area (Å²) in [5, 5.41) is 18.7. The number of anilines is 3. The topological polar surface area (TPSA) is 64.3 Å². The van der Waals surface area contributed by atoms with Gasteiger partial charge in [0.25, 0.3) is 0 Å². The summed E-state index contributed by atoms with van der Waals surface area (Å²) in [4.78, 5) is 13.3. The molecular weight excluding hydrogens is 491 g/mol. The molecule has 0 bridgehead atoms. The first kappa shape index (κ1) is 24.8. The Kier molecular flexibility index (Phi) is 7.87. The Morgan fingerprint density at radius 2 is 1.25 bits per heavy atom. The number of carboxylic acid groups (broad SMARTS) is 1. The minimum Gasteiger partial charge on any atom is -0.477 e. The summed E-state index contributed by atoms with van der Waals surface area (Å²) in [6, 6.07) is 33.3. The molecule has 0 aromatic heterocycles. The molecule has 176 valence electrons. The molecule has 4 nitrogen and oxygen atoms in total. The number of carbonyl (C=O) groups is 1. The molecule has 1 N–H and O–H groups in total. The molecule has 0 amide bonds. The van der Waals surface area contributed by atoms with E-state index in [0.717, 1.165) is 22.6 Å². The molecule has 0 fully saturated rings. The van der Waals surface area contributed by atoms with Crippen molar-refractivity contribution in [3.8, 4) is 6.07 Å².